The van der Waals surface area contributed by atoms with Crippen molar-refractivity contribution >= 4 is 18.0 Å². The molecule has 1 N–H and O–H groups in total. The third kappa shape index (κ3) is 6.62. The molecule has 9 nitrogen and oxygen atoms in total. The summed E-state index contributed by atoms with van der Waals surface area (Å²) >= 11 is 0. The van der Waals surface area contributed by atoms with E-state index in [9.17, 15) is 19.5 Å². The molecule has 3 fully saturated rings. The van der Waals surface area contributed by atoms with E-state index in [1.165, 1.54) is 0 Å². The van der Waals surface area contributed by atoms with Crippen molar-refractivity contribution in [3.8, 4) is 0 Å². The van der Waals surface area contributed by atoms with Crippen molar-refractivity contribution in [2.75, 3.05) is 32.8 Å². The van der Waals surface area contributed by atoms with E-state index in [2.05, 4.69) is 4.90 Å². The van der Waals surface area contributed by atoms with Gasteiger partial charge < -0.3 is 19.3 Å². The molecule has 2 aliphatic heterocycles. The minimum Gasteiger partial charge on any atom is -0.465 e. The highest BCUT2D eigenvalue weighted by atomic mass is 16.6. The van der Waals surface area contributed by atoms with Gasteiger partial charge in [-0.15, -0.1) is 0 Å². The number of likely N-dealkylation sites (tertiary alicyclic amines) is 2. The number of β-amino-alcohol motifs (C(OH)–C–C–N with tert-alkyl or cyclic N) is 1. The second-order valence-electron chi connectivity index (χ2n) is 10.9. The third-order valence-corrected chi connectivity index (χ3v) is 7.20. The van der Waals surface area contributed by atoms with Crippen LogP contribution in [-0.2, 0) is 23.8 Å². The third-order valence-electron chi connectivity index (χ3n) is 7.20. The number of aliphatic hydroxyl groups is 1. The van der Waals surface area contributed by atoms with Crippen molar-refractivity contribution in [2.45, 2.75) is 90.5 Å². The van der Waals surface area contributed by atoms with Crippen LogP contribution in [0, 0.1) is 17.8 Å². The number of esters is 2. The maximum atomic E-state index is 12.9. The molecule has 1 amide bonds. The van der Waals surface area contributed by atoms with Crippen LogP contribution in [0.1, 0.15) is 66.7 Å². The number of nitrogens with zero attached hydrogens (tertiary/aromatic N) is 2. The standard InChI is InChI=1S/C25H42N2O7/c1-6-32-22(29)20-12-19(28)15-26(20)13-16-8-9-17-14-27(24(31)34-25(3,4)5)21(11-18(17)10-16)23(30)33-7-2/h16-21,28H,6-15H2,1-5H3/t16?,17?,18?,19-,20+,21?/m1/s1. The van der Waals surface area contributed by atoms with Crippen LogP contribution >= 0.6 is 0 Å². The van der Waals surface area contributed by atoms with Crippen LogP contribution in [-0.4, -0.2) is 89.6 Å². The van der Waals surface area contributed by atoms with E-state index >= 15 is 0 Å². The Balaban J connectivity index is 1.67. The first-order valence-corrected chi connectivity index (χ1v) is 12.8. The van der Waals surface area contributed by atoms with Gasteiger partial charge in [-0.1, -0.05) is 0 Å². The van der Waals surface area contributed by atoms with Gasteiger partial charge in [0.2, 0.25) is 0 Å². The Labute approximate surface area is 203 Å². The topological polar surface area (TPSA) is 106 Å². The van der Waals surface area contributed by atoms with E-state index in [-0.39, 0.29) is 18.5 Å². The molecule has 0 aromatic carbocycles. The van der Waals surface area contributed by atoms with Crippen LogP contribution in [0.5, 0.6) is 0 Å². The SMILES string of the molecule is CCOC(=O)C1CC2CC(CN3C[C@H](O)C[C@H]3C(=O)OCC)CCC2CN1C(=O)OC(C)(C)C. The summed E-state index contributed by atoms with van der Waals surface area (Å²) in [7, 11) is 0. The van der Waals surface area contributed by atoms with E-state index in [4.69, 9.17) is 14.2 Å². The second kappa shape index (κ2) is 11.2. The molecule has 0 aromatic heterocycles. The maximum absolute atomic E-state index is 12.9. The first-order valence-electron chi connectivity index (χ1n) is 12.8. The number of carbonyl (C=O) groups is 3. The molecule has 0 spiro atoms. The Kier molecular flexibility index (Phi) is 8.84. The van der Waals surface area contributed by atoms with E-state index in [0.717, 1.165) is 25.8 Å². The number of amides is 1. The first kappa shape index (κ1) is 26.7. The van der Waals surface area contributed by atoms with Crippen LogP contribution in [0.15, 0.2) is 0 Å². The maximum Gasteiger partial charge on any atom is 0.411 e. The average Bonchev–Trinajstić information content (AvgIpc) is 3.12. The van der Waals surface area contributed by atoms with Crippen LogP contribution < -0.4 is 0 Å². The van der Waals surface area contributed by atoms with Crippen LogP contribution in [0.2, 0.25) is 0 Å². The zero-order valence-corrected chi connectivity index (χ0v) is 21.3. The van der Waals surface area contributed by atoms with Crippen molar-refractivity contribution in [1.29, 1.82) is 0 Å². The average molecular weight is 483 g/mol. The van der Waals surface area contributed by atoms with Crippen molar-refractivity contribution < 1.29 is 33.7 Å². The molecule has 1 aliphatic carbocycles. The monoisotopic (exact) mass is 482 g/mol. The number of hydrogen-bond acceptors (Lipinski definition) is 8. The summed E-state index contributed by atoms with van der Waals surface area (Å²) in [6, 6.07) is -1.04. The number of aliphatic hydroxyl groups excluding tert-OH is 1. The van der Waals surface area contributed by atoms with Crippen molar-refractivity contribution in [2.24, 2.45) is 17.8 Å². The largest absolute Gasteiger partial charge is 0.465 e. The minimum absolute atomic E-state index is 0.263. The Bertz CT molecular complexity index is 737. The molecule has 0 bridgehead atoms. The molecular formula is C25H42N2O7. The Hall–Kier alpha value is -1.87. The molecule has 34 heavy (non-hydrogen) atoms. The minimum atomic E-state index is -0.643. The molecule has 1 saturated carbocycles. The predicted octanol–water partition coefficient (Wildman–Crippen LogP) is 2.59. The number of carbonyl (C=O) groups excluding carboxylic acids is 3. The van der Waals surface area contributed by atoms with Crippen molar-refractivity contribution in [1.82, 2.24) is 9.80 Å². The van der Waals surface area contributed by atoms with Gasteiger partial charge in [0.1, 0.15) is 17.7 Å². The number of fused-ring (bicyclic) bond motifs is 1. The van der Waals surface area contributed by atoms with Crippen LogP contribution in [0.4, 0.5) is 4.79 Å². The van der Waals surface area contributed by atoms with Gasteiger partial charge in [-0.05, 0) is 78.1 Å². The molecule has 9 heteroatoms. The highest BCUT2D eigenvalue weighted by molar-refractivity contribution is 5.82. The fraction of sp³-hybridized carbons (Fsp3) is 0.880. The Morgan fingerprint density at radius 2 is 1.53 bits per heavy atom. The quantitative estimate of drug-likeness (QED) is 0.455. The summed E-state index contributed by atoms with van der Waals surface area (Å²) < 4.78 is 16.1. The lowest BCUT2D eigenvalue weighted by Gasteiger charge is -2.47. The van der Waals surface area contributed by atoms with Crippen LogP contribution in [0.3, 0.4) is 0 Å². The summed E-state index contributed by atoms with van der Waals surface area (Å²) in [5.41, 5.74) is -0.638. The van der Waals surface area contributed by atoms with E-state index in [1.807, 2.05) is 20.8 Å². The molecule has 2 heterocycles. The van der Waals surface area contributed by atoms with Gasteiger partial charge in [-0.3, -0.25) is 14.6 Å². The molecule has 3 rings (SSSR count). The van der Waals surface area contributed by atoms with Gasteiger partial charge in [-0.25, -0.2) is 9.59 Å². The second-order valence-corrected chi connectivity index (χ2v) is 10.9. The highest BCUT2D eigenvalue weighted by Crippen LogP contribution is 2.42. The smallest absolute Gasteiger partial charge is 0.411 e. The summed E-state index contributed by atoms with van der Waals surface area (Å²) in [5.74, 6) is 0.319. The summed E-state index contributed by atoms with van der Waals surface area (Å²) in [6.45, 7) is 11.3. The number of ether oxygens (including phenoxy) is 3. The number of rotatable bonds is 6. The van der Waals surface area contributed by atoms with Gasteiger partial charge in [-0.2, -0.15) is 0 Å². The zero-order valence-electron chi connectivity index (χ0n) is 21.3. The van der Waals surface area contributed by atoms with Crippen LogP contribution in [0.25, 0.3) is 0 Å². The molecule has 6 atom stereocenters. The van der Waals surface area contributed by atoms with Gasteiger partial charge in [0.05, 0.1) is 19.3 Å². The molecule has 194 valence electrons. The lowest BCUT2D eigenvalue weighted by molar-refractivity contribution is -0.153. The molecule has 0 aromatic rings. The van der Waals surface area contributed by atoms with Crippen molar-refractivity contribution in [3.63, 3.8) is 0 Å². The molecule has 4 unspecified atom stereocenters. The lowest BCUT2D eigenvalue weighted by atomic mass is 9.69. The van der Waals surface area contributed by atoms with Crippen molar-refractivity contribution in [3.05, 3.63) is 0 Å². The predicted molar refractivity (Wildman–Crippen MR) is 125 cm³/mol. The van der Waals surface area contributed by atoms with Gasteiger partial charge in [0.15, 0.2) is 0 Å². The normalized spacial score (nSPS) is 32.1. The Morgan fingerprint density at radius 3 is 2.15 bits per heavy atom. The van der Waals surface area contributed by atoms with Gasteiger partial charge in [0.25, 0.3) is 0 Å². The van der Waals surface area contributed by atoms with E-state index in [0.29, 0.717) is 50.3 Å². The Morgan fingerprint density at radius 1 is 0.882 bits per heavy atom. The summed E-state index contributed by atoms with van der Waals surface area (Å²) in [5, 5.41) is 10.2. The summed E-state index contributed by atoms with van der Waals surface area (Å²) in [6.07, 6.45) is 2.84. The molecular weight excluding hydrogens is 440 g/mol. The fourth-order valence-corrected chi connectivity index (χ4v) is 5.79. The first-order chi connectivity index (χ1) is 16.0. The van der Waals surface area contributed by atoms with E-state index < -0.39 is 29.9 Å². The number of hydrogen-bond donors (Lipinski definition) is 1. The molecule has 0 radical (unpaired) electrons. The molecule has 3 aliphatic rings. The fourth-order valence-electron chi connectivity index (χ4n) is 5.79. The number of piperidine rings is 1. The van der Waals surface area contributed by atoms with E-state index in [1.54, 1.807) is 18.7 Å². The van der Waals surface area contributed by atoms with Gasteiger partial charge >= 0.3 is 18.0 Å². The zero-order chi connectivity index (χ0) is 25.0. The lowest BCUT2D eigenvalue weighted by Crippen LogP contribution is -2.56. The van der Waals surface area contributed by atoms with Gasteiger partial charge in [0, 0.05) is 26.1 Å². The molecule has 2 saturated heterocycles. The summed E-state index contributed by atoms with van der Waals surface area (Å²) in [4.78, 5) is 41.7. The highest BCUT2D eigenvalue weighted by Gasteiger charge is 2.46.